The lowest BCUT2D eigenvalue weighted by Gasteiger charge is -2.43. The molecule has 1 aromatic carbocycles. The highest BCUT2D eigenvalue weighted by atomic mass is 32.1. The number of piperazine rings is 1. The number of anilines is 2. The molecular weight excluding hydrogens is 368 g/mol. The maximum atomic E-state index is 6.25. The van der Waals surface area contributed by atoms with E-state index in [1.807, 2.05) is 0 Å². The van der Waals surface area contributed by atoms with Crippen LogP contribution in [0, 0.1) is 0 Å². The predicted octanol–water partition coefficient (Wildman–Crippen LogP) is 3.46. The molecule has 0 unspecified atom stereocenters. The molecule has 28 heavy (non-hydrogen) atoms. The zero-order valence-electron chi connectivity index (χ0n) is 17.2. The van der Waals surface area contributed by atoms with Crippen molar-refractivity contribution in [2.75, 3.05) is 43.4 Å². The van der Waals surface area contributed by atoms with Crippen LogP contribution in [0.2, 0.25) is 0 Å². The van der Waals surface area contributed by atoms with Crippen molar-refractivity contribution in [3.8, 4) is 0 Å². The summed E-state index contributed by atoms with van der Waals surface area (Å²) in [4.78, 5) is 14.4. The Kier molecular flexibility index (Phi) is 5.16. The number of pyridine rings is 1. The first-order chi connectivity index (χ1) is 13.4. The lowest BCUT2D eigenvalue weighted by Crippen LogP contribution is -2.53. The Balaban J connectivity index is 1.63. The third kappa shape index (κ3) is 3.66. The SMILES string of the molecule is CCNCc1nc2c(N)nc3cc(N4CCN(C(C)(C)C)CC4)ccc3c2s1. The molecule has 0 atom stereocenters. The Hall–Kier alpha value is -1.96. The second-order valence-electron chi connectivity index (χ2n) is 8.41. The van der Waals surface area contributed by atoms with Crippen molar-refractivity contribution in [2.24, 2.45) is 0 Å². The molecule has 0 radical (unpaired) electrons. The summed E-state index contributed by atoms with van der Waals surface area (Å²) in [5, 5.41) is 5.53. The van der Waals surface area contributed by atoms with Crippen molar-refractivity contribution >= 4 is 44.0 Å². The summed E-state index contributed by atoms with van der Waals surface area (Å²) in [6, 6.07) is 6.59. The van der Waals surface area contributed by atoms with Crippen molar-refractivity contribution in [1.29, 1.82) is 0 Å². The minimum Gasteiger partial charge on any atom is -0.382 e. The molecule has 3 N–H and O–H groups in total. The maximum absolute atomic E-state index is 6.25. The van der Waals surface area contributed by atoms with Crippen LogP contribution in [0.15, 0.2) is 18.2 Å². The predicted molar refractivity (Wildman–Crippen MR) is 120 cm³/mol. The Morgan fingerprint density at radius 2 is 1.89 bits per heavy atom. The summed E-state index contributed by atoms with van der Waals surface area (Å²) in [6.45, 7) is 14.9. The molecule has 1 fully saturated rings. The molecule has 0 saturated carbocycles. The van der Waals surface area contributed by atoms with Crippen LogP contribution in [0.1, 0.15) is 32.7 Å². The van der Waals surface area contributed by atoms with Crippen molar-refractivity contribution < 1.29 is 0 Å². The van der Waals surface area contributed by atoms with Gasteiger partial charge in [0.2, 0.25) is 0 Å². The van der Waals surface area contributed by atoms with E-state index in [1.54, 1.807) is 11.3 Å². The zero-order valence-corrected chi connectivity index (χ0v) is 18.1. The van der Waals surface area contributed by atoms with E-state index in [1.165, 1.54) is 5.69 Å². The Labute approximate surface area is 170 Å². The fourth-order valence-corrected chi connectivity index (χ4v) is 4.92. The number of aromatic nitrogens is 2. The first-order valence-corrected chi connectivity index (χ1v) is 10.9. The lowest BCUT2D eigenvalue weighted by molar-refractivity contribution is 0.128. The molecule has 0 amide bonds. The fourth-order valence-electron chi connectivity index (χ4n) is 3.85. The van der Waals surface area contributed by atoms with E-state index in [-0.39, 0.29) is 5.54 Å². The second-order valence-corrected chi connectivity index (χ2v) is 9.49. The van der Waals surface area contributed by atoms with Crippen molar-refractivity contribution in [2.45, 2.75) is 39.8 Å². The highest BCUT2D eigenvalue weighted by Crippen LogP contribution is 2.34. The molecule has 7 heteroatoms. The number of benzene rings is 1. The monoisotopic (exact) mass is 398 g/mol. The standard InChI is InChI=1S/C21H30N6S/c1-5-23-13-17-25-18-19(28-17)15-7-6-14(12-16(15)24-20(18)22)26-8-10-27(11-9-26)21(2,3)4/h6-7,12,23H,5,8-11,13H2,1-4H3,(H2,22,24). The lowest BCUT2D eigenvalue weighted by atomic mass is 10.0. The number of hydrogen-bond donors (Lipinski definition) is 2. The van der Waals surface area contributed by atoms with Crippen LogP contribution in [0.3, 0.4) is 0 Å². The number of thiazole rings is 1. The highest BCUT2D eigenvalue weighted by Gasteiger charge is 2.26. The summed E-state index contributed by atoms with van der Waals surface area (Å²) < 4.78 is 1.14. The number of nitrogens with two attached hydrogens (primary N) is 1. The average Bonchev–Trinajstić information content (AvgIpc) is 3.10. The Morgan fingerprint density at radius 3 is 2.57 bits per heavy atom. The molecule has 1 saturated heterocycles. The minimum atomic E-state index is 0.230. The zero-order chi connectivity index (χ0) is 19.9. The van der Waals surface area contributed by atoms with Crippen LogP contribution >= 0.6 is 11.3 Å². The molecule has 3 aromatic rings. The van der Waals surface area contributed by atoms with Gasteiger partial charge in [-0.2, -0.15) is 0 Å². The second kappa shape index (κ2) is 7.46. The molecule has 0 bridgehead atoms. The van der Waals surface area contributed by atoms with Crippen molar-refractivity contribution in [3.63, 3.8) is 0 Å². The number of hydrogen-bond acceptors (Lipinski definition) is 7. The molecule has 6 nitrogen and oxygen atoms in total. The molecule has 2 aromatic heterocycles. The molecular formula is C21H30N6S. The van der Waals surface area contributed by atoms with Crippen LogP contribution in [0.5, 0.6) is 0 Å². The van der Waals surface area contributed by atoms with Crippen LogP contribution in [-0.4, -0.2) is 53.1 Å². The van der Waals surface area contributed by atoms with Gasteiger partial charge in [-0.25, -0.2) is 9.97 Å². The minimum absolute atomic E-state index is 0.230. The van der Waals surface area contributed by atoms with Crippen LogP contribution in [0.4, 0.5) is 11.5 Å². The molecule has 0 aliphatic carbocycles. The number of nitrogens with one attached hydrogen (secondary N) is 1. The van der Waals surface area contributed by atoms with Gasteiger partial charge in [-0.3, -0.25) is 4.90 Å². The van der Waals surface area contributed by atoms with E-state index in [0.717, 1.165) is 65.4 Å². The first-order valence-electron chi connectivity index (χ1n) is 10.1. The Bertz CT molecular complexity index is 982. The average molecular weight is 399 g/mol. The third-order valence-corrected chi connectivity index (χ3v) is 6.59. The summed E-state index contributed by atoms with van der Waals surface area (Å²) in [6.07, 6.45) is 0. The van der Waals surface area contributed by atoms with Crippen LogP contribution < -0.4 is 16.0 Å². The van der Waals surface area contributed by atoms with Gasteiger partial charge in [0.05, 0.1) is 10.2 Å². The van der Waals surface area contributed by atoms with Gasteiger partial charge in [0, 0.05) is 49.3 Å². The number of fused-ring (bicyclic) bond motifs is 3. The largest absolute Gasteiger partial charge is 0.382 e. The third-order valence-electron chi connectivity index (χ3n) is 5.50. The van der Waals surface area contributed by atoms with Crippen LogP contribution in [0.25, 0.3) is 21.1 Å². The van der Waals surface area contributed by atoms with Gasteiger partial charge in [0.15, 0.2) is 5.82 Å². The van der Waals surface area contributed by atoms with E-state index in [9.17, 15) is 0 Å². The van der Waals surface area contributed by atoms with E-state index >= 15 is 0 Å². The number of nitrogen functional groups attached to an aromatic ring is 1. The van der Waals surface area contributed by atoms with E-state index < -0.39 is 0 Å². The quantitative estimate of drug-likeness (QED) is 0.701. The smallest absolute Gasteiger partial charge is 0.151 e. The maximum Gasteiger partial charge on any atom is 0.151 e. The molecule has 1 aliphatic rings. The van der Waals surface area contributed by atoms with Crippen molar-refractivity contribution in [1.82, 2.24) is 20.2 Å². The molecule has 3 heterocycles. The summed E-state index contributed by atoms with van der Waals surface area (Å²) in [5.74, 6) is 0.524. The van der Waals surface area contributed by atoms with Gasteiger partial charge >= 0.3 is 0 Å². The van der Waals surface area contributed by atoms with Crippen LogP contribution in [-0.2, 0) is 6.54 Å². The van der Waals surface area contributed by atoms with Crippen molar-refractivity contribution in [3.05, 3.63) is 23.2 Å². The summed E-state index contributed by atoms with van der Waals surface area (Å²) in [5.41, 5.74) is 9.50. The van der Waals surface area contributed by atoms with Gasteiger partial charge in [-0.15, -0.1) is 11.3 Å². The van der Waals surface area contributed by atoms with E-state index in [4.69, 9.17) is 10.7 Å². The molecule has 1 aliphatic heterocycles. The van der Waals surface area contributed by atoms with Gasteiger partial charge in [0.1, 0.15) is 10.5 Å². The fraction of sp³-hybridized carbons (Fsp3) is 0.524. The number of nitrogens with zero attached hydrogens (tertiary/aromatic N) is 4. The summed E-state index contributed by atoms with van der Waals surface area (Å²) in [7, 11) is 0. The van der Waals surface area contributed by atoms with Gasteiger partial charge < -0.3 is 16.0 Å². The topological polar surface area (TPSA) is 70.3 Å². The highest BCUT2D eigenvalue weighted by molar-refractivity contribution is 7.19. The van der Waals surface area contributed by atoms with E-state index in [2.05, 4.69) is 66.0 Å². The number of rotatable bonds is 4. The first kappa shape index (κ1) is 19.4. The molecule has 0 spiro atoms. The Morgan fingerprint density at radius 1 is 1.14 bits per heavy atom. The van der Waals surface area contributed by atoms with E-state index in [0.29, 0.717) is 5.82 Å². The normalized spacial score (nSPS) is 16.4. The molecule has 4 rings (SSSR count). The summed E-state index contributed by atoms with van der Waals surface area (Å²) >= 11 is 1.71. The van der Waals surface area contributed by atoms with Gasteiger partial charge in [-0.05, 0) is 45.5 Å². The van der Waals surface area contributed by atoms with Gasteiger partial charge in [0.25, 0.3) is 0 Å². The van der Waals surface area contributed by atoms with Gasteiger partial charge in [-0.1, -0.05) is 6.92 Å². The molecule has 150 valence electrons.